The summed E-state index contributed by atoms with van der Waals surface area (Å²) in [5.74, 6) is 0.367. The molecule has 0 unspecified atom stereocenters. The Morgan fingerprint density at radius 1 is 1.21 bits per heavy atom. The Bertz CT molecular complexity index is 1390. The molecule has 12 heteroatoms. The number of amides is 1. The van der Waals surface area contributed by atoms with Crippen LogP contribution in [-0.4, -0.2) is 27.1 Å². The molecule has 0 aliphatic heterocycles. The van der Waals surface area contributed by atoms with Gasteiger partial charge in [0.05, 0.1) is 14.9 Å². The van der Waals surface area contributed by atoms with Crippen molar-refractivity contribution in [2.75, 3.05) is 12.0 Å². The Morgan fingerprint density at radius 2 is 1.97 bits per heavy atom. The maximum Gasteiger partial charge on any atom is 0.291 e. The monoisotopic (exact) mass is 546 g/mol. The lowest BCUT2D eigenvalue weighted by molar-refractivity contribution is -0.384. The van der Waals surface area contributed by atoms with Crippen LogP contribution >= 0.6 is 39.0 Å². The van der Waals surface area contributed by atoms with Crippen molar-refractivity contribution in [3.63, 3.8) is 0 Å². The molecule has 0 bridgehead atoms. The number of nitrogens with one attached hydrogen (secondary N) is 1. The number of non-ortho nitro benzene ring substituents is 1. The van der Waals surface area contributed by atoms with Gasteiger partial charge in [0.2, 0.25) is 0 Å². The van der Waals surface area contributed by atoms with E-state index in [2.05, 4.69) is 26.3 Å². The summed E-state index contributed by atoms with van der Waals surface area (Å²) in [7, 11) is 0. The van der Waals surface area contributed by atoms with Gasteiger partial charge in [0.1, 0.15) is 10.4 Å². The van der Waals surface area contributed by atoms with Gasteiger partial charge in [0, 0.05) is 17.9 Å². The number of carbonyl (C=O) groups excluding carboxylic acids is 1. The molecule has 1 N–H and O–H groups in total. The highest BCUT2D eigenvalue weighted by Crippen LogP contribution is 2.25. The molecule has 4 aromatic rings. The quantitative estimate of drug-likeness (QED) is 0.149. The van der Waals surface area contributed by atoms with Crippen LogP contribution in [0, 0.1) is 10.1 Å². The van der Waals surface area contributed by atoms with Crippen molar-refractivity contribution in [2.45, 2.75) is 10.9 Å². The van der Waals surface area contributed by atoms with Gasteiger partial charge in [0.25, 0.3) is 17.2 Å². The van der Waals surface area contributed by atoms with Crippen molar-refractivity contribution in [1.29, 1.82) is 0 Å². The third-order valence-electron chi connectivity index (χ3n) is 4.40. The molecule has 0 radical (unpaired) electrons. The summed E-state index contributed by atoms with van der Waals surface area (Å²) in [6.07, 6.45) is 0. The van der Waals surface area contributed by atoms with Crippen molar-refractivity contribution < 1.29 is 14.5 Å². The zero-order valence-corrected chi connectivity index (χ0v) is 20.0. The second kappa shape index (κ2) is 10.1. The van der Waals surface area contributed by atoms with E-state index in [4.69, 9.17) is 4.74 Å². The Kier molecular flexibility index (Phi) is 7.06. The average Bonchev–Trinajstić information content (AvgIpc) is 3.28. The summed E-state index contributed by atoms with van der Waals surface area (Å²) in [6.45, 7) is -0.302. The number of hydrogen-bond donors (Lipinski definition) is 1. The van der Waals surface area contributed by atoms with Crippen molar-refractivity contribution >= 4 is 60.8 Å². The second-order valence-corrected chi connectivity index (χ2v) is 9.35. The fourth-order valence-electron chi connectivity index (χ4n) is 2.81. The number of ether oxygens (including phenoxy) is 1. The number of nitro groups is 1. The van der Waals surface area contributed by atoms with Gasteiger partial charge in [-0.1, -0.05) is 36.0 Å². The van der Waals surface area contributed by atoms with Gasteiger partial charge in [-0.05, 0) is 45.1 Å². The zero-order chi connectivity index (χ0) is 23.4. The van der Waals surface area contributed by atoms with E-state index in [1.165, 1.54) is 35.2 Å². The van der Waals surface area contributed by atoms with Crippen molar-refractivity contribution in [1.82, 2.24) is 9.66 Å². The van der Waals surface area contributed by atoms with Crippen LogP contribution in [0.25, 0.3) is 10.2 Å². The van der Waals surface area contributed by atoms with Gasteiger partial charge in [-0.2, -0.15) is 4.68 Å². The Labute approximate surface area is 203 Å². The largest absolute Gasteiger partial charge is 0.483 e. The van der Waals surface area contributed by atoms with E-state index in [1.54, 1.807) is 41.8 Å². The number of aromatic nitrogens is 2. The molecule has 0 spiro atoms. The number of thioether (sulfide) groups is 1. The highest BCUT2D eigenvalue weighted by atomic mass is 79.9. The molecule has 2 heterocycles. The SMILES string of the molecule is O=C(COc1ccccc1Br)Nn1c(SCc2ccc([N+](=O)[O-])cc2)nc2ccsc2c1=O. The summed E-state index contributed by atoms with van der Waals surface area (Å²) in [4.78, 5) is 40.4. The Hall–Kier alpha value is -3.22. The maximum absolute atomic E-state index is 13.0. The summed E-state index contributed by atoms with van der Waals surface area (Å²) < 4.78 is 7.76. The van der Waals surface area contributed by atoms with Crippen LogP contribution < -0.4 is 15.7 Å². The van der Waals surface area contributed by atoms with Gasteiger partial charge in [-0.25, -0.2) is 4.98 Å². The fourth-order valence-corrected chi connectivity index (χ4v) is 4.88. The molecule has 0 atom stereocenters. The first-order valence-electron chi connectivity index (χ1n) is 9.46. The first-order valence-corrected chi connectivity index (χ1v) is 12.1. The molecule has 0 saturated carbocycles. The van der Waals surface area contributed by atoms with Crippen molar-refractivity contribution in [2.24, 2.45) is 0 Å². The topological polar surface area (TPSA) is 116 Å². The van der Waals surface area contributed by atoms with Gasteiger partial charge in [0.15, 0.2) is 11.8 Å². The smallest absolute Gasteiger partial charge is 0.291 e. The number of thiophene rings is 1. The number of benzene rings is 2. The van der Waals surface area contributed by atoms with E-state index < -0.39 is 16.4 Å². The lowest BCUT2D eigenvalue weighted by Crippen LogP contribution is -2.37. The van der Waals surface area contributed by atoms with Crippen LogP contribution in [0.1, 0.15) is 5.56 Å². The third-order valence-corrected chi connectivity index (χ3v) is 6.95. The molecule has 33 heavy (non-hydrogen) atoms. The molecule has 0 fully saturated rings. The zero-order valence-electron chi connectivity index (χ0n) is 16.8. The number of fused-ring (bicyclic) bond motifs is 1. The average molecular weight is 547 g/mol. The molecule has 0 aliphatic rings. The van der Waals surface area contributed by atoms with Crippen LogP contribution in [0.3, 0.4) is 0 Å². The highest BCUT2D eigenvalue weighted by Gasteiger charge is 2.16. The first-order chi connectivity index (χ1) is 15.9. The van der Waals surface area contributed by atoms with Crippen LogP contribution in [0.15, 0.2) is 74.4 Å². The van der Waals surface area contributed by atoms with Gasteiger partial charge < -0.3 is 4.74 Å². The predicted octanol–water partition coefficient (Wildman–Crippen LogP) is 4.57. The number of carbonyl (C=O) groups is 1. The van der Waals surface area contributed by atoms with E-state index in [-0.39, 0.29) is 12.3 Å². The molecule has 168 valence electrons. The summed E-state index contributed by atoms with van der Waals surface area (Å²) in [5, 5.41) is 12.9. The Morgan fingerprint density at radius 3 is 2.70 bits per heavy atom. The summed E-state index contributed by atoms with van der Waals surface area (Å²) >= 11 is 5.82. The number of halogens is 1. The number of para-hydroxylation sites is 1. The number of rotatable bonds is 8. The molecular formula is C21H15BrN4O5S2. The van der Waals surface area contributed by atoms with Crippen LogP contribution in [-0.2, 0) is 10.5 Å². The molecular weight excluding hydrogens is 532 g/mol. The maximum atomic E-state index is 13.0. The summed E-state index contributed by atoms with van der Waals surface area (Å²) in [6, 6.07) is 15.0. The molecule has 0 aliphatic carbocycles. The Balaban J connectivity index is 1.53. The standard InChI is InChI=1S/C21H15BrN4O5S2/c22-15-3-1-2-4-17(15)31-11-18(27)24-25-20(28)19-16(9-10-32-19)23-21(25)33-12-13-5-7-14(8-6-13)26(29)30/h1-10H,11-12H2,(H,24,27). The van der Waals surface area contributed by atoms with E-state index in [9.17, 15) is 19.7 Å². The molecule has 4 rings (SSSR count). The van der Waals surface area contributed by atoms with E-state index in [1.807, 2.05) is 6.07 Å². The molecule has 0 saturated heterocycles. The second-order valence-electron chi connectivity index (χ2n) is 6.64. The minimum Gasteiger partial charge on any atom is -0.483 e. The normalized spacial score (nSPS) is 10.8. The highest BCUT2D eigenvalue weighted by molar-refractivity contribution is 9.10. The predicted molar refractivity (Wildman–Crippen MR) is 131 cm³/mol. The number of hydrogen-bond acceptors (Lipinski definition) is 8. The van der Waals surface area contributed by atoms with Gasteiger partial charge in [-0.3, -0.25) is 25.1 Å². The lowest BCUT2D eigenvalue weighted by Gasteiger charge is -2.14. The van der Waals surface area contributed by atoms with E-state index >= 15 is 0 Å². The molecule has 9 nitrogen and oxygen atoms in total. The van der Waals surface area contributed by atoms with Crippen LogP contribution in [0.4, 0.5) is 5.69 Å². The van der Waals surface area contributed by atoms with Crippen molar-refractivity contribution in [3.8, 4) is 5.75 Å². The van der Waals surface area contributed by atoms with E-state index in [0.29, 0.717) is 31.3 Å². The minimum atomic E-state index is -0.525. The third kappa shape index (κ3) is 5.41. The first kappa shape index (κ1) is 23.0. The van der Waals surface area contributed by atoms with Crippen LogP contribution in [0.2, 0.25) is 0 Å². The number of nitrogens with zero attached hydrogens (tertiary/aromatic N) is 3. The molecule has 2 aromatic carbocycles. The lowest BCUT2D eigenvalue weighted by atomic mass is 10.2. The van der Waals surface area contributed by atoms with Gasteiger partial charge in [-0.15, -0.1) is 11.3 Å². The molecule has 2 aromatic heterocycles. The van der Waals surface area contributed by atoms with E-state index in [0.717, 1.165) is 10.2 Å². The number of nitro benzene ring substituents is 1. The van der Waals surface area contributed by atoms with Crippen molar-refractivity contribution in [3.05, 3.63) is 90.5 Å². The van der Waals surface area contributed by atoms with Crippen LogP contribution in [0.5, 0.6) is 5.75 Å². The molecule has 1 amide bonds. The summed E-state index contributed by atoms with van der Waals surface area (Å²) in [5.41, 5.74) is 3.51. The fraction of sp³-hybridized carbons (Fsp3) is 0.0952. The van der Waals surface area contributed by atoms with Gasteiger partial charge >= 0.3 is 0 Å². The minimum absolute atomic E-state index is 0.00390.